The molecule has 0 saturated heterocycles. The average molecular weight is 459 g/mol. The van der Waals surface area contributed by atoms with Gasteiger partial charge in [0.1, 0.15) is 23.0 Å². The normalized spacial score (nSPS) is 11.7. The summed E-state index contributed by atoms with van der Waals surface area (Å²) in [5.74, 6) is 2.10. The van der Waals surface area contributed by atoms with Gasteiger partial charge in [-0.2, -0.15) is 0 Å². The Hall–Kier alpha value is -3.92. The van der Waals surface area contributed by atoms with Gasteiger partial charge in [-0.25, -0.2) is 0 Å². The number of hydrogen-bond donors (Lipinski definition) is 4. The van der Waals surface area contributed by atoms with Gasteiger partial charge in [0, 0.05) is 0 Å². The van der Waals surface area contributed by atoms with Gasteiger partial charge in [-0.15, -0.1) is 0 Å². The lowest BCUT2D eigenvalue weighted by Crippen LogP contribution is -2.10. The van der Waals surface area contributed by atoms with Crippen molar-refractivity contribution in [2.45, 2.75) is 38.5 Å². The van der Waals surface area contributed by atoms with Gasteiger partial charge < -0.3 is 20.4 Å². The van der Waals surface area contributed by atoms with Crippen LogP contribution in [0.5, 0.6) is 23.0 Å². The number of para-hydroxylation sites is 2. The molecule has 2 atom stereocenters. The molecule has 0 aromatic heterocycles. The summed E-state index contributed by atoms with van der Waals surface area (Å²) in [4.78, 5) is 0. The molecule has 0 aliphatic carbocycles. The van der Waals surface area contributed by atoms with E-state index < -0.39 is 0 Å². The summed E-state index contributed by atoms with van der Waals surface area (Å²) in [5.41, 5.74) is 2.51. The highest BCUT2D eigenvalue weighted by Gasteiger charge is 2.21. The topological polar surface area (TPSA) is 80.9 Å². The minimum absolute atomic E-state index is 0.307. The first-order valence-corrected chi connectivity index (χ1v) is 11.5. The van der Waals surface area contributed by atoms with E-state index in [4.69, 9.17) is 10.2 Å². The van der Waals surface area contributed by atoms with E-state index >= 15 is 0 Å². The zero-order valence-corrected chi connectivity index (χ0v) is 19.8. The first-order chi connectivity index (χ1) is 16.4. The minimum atomic E-state index is 0.307. The molecule has 4 rings (SSSR count). The fraction of sp³-hybridized carbons (Fsp3) is 0.200. The maximum absolute atomic E-state index is 9.43. The van der Waals surface area contributed by atoms with Crippen LogP contribution >= 0.6 is 0 Å². The van der Waals surface area contributed by atoms with E-state index in [2.05, 4.69) is 13.8 Å². The minimum Gasteiger partial charge on any atom is -0.508 e. The Morgan fingerprint density at radius 1 is 0.412 bits per heavy atom. The average Bonchev–Trinajstić information content (AvgIpc) is 2.86. The molecule has 0 aliphatic rings. The molecule has 178 valence electrons. The summed E-state index contributed by atoms with van der Waals surface area (Å²) in [6, 6.07) is 32.5. The summed E-state index contributed by atoms with van der Waals surface area (Å²) < 4.78 is 0. The van der Waals surface area contributed by atoms with Crippen LogP contribution in [0.4, 0.5) is 0 Å². The van der Waals surface area contributed by atoms with Crippen LogP contribution in [-0.4, -0.2) is 20.4 Å². The molecular formula is C30H34O4. The van der Waals surface area contributed by atoms with Gasteiger partial charge in [0.15, 0.2) is 0 Å². The number of rotatable bonds is 5. The van der Waals surface area contributed by atoms with Gasteiger partial charge in [0.05, 0.1) is 0 Å². The Balaban J connectivity index is 0.000000235. The highest BCUT2D eigenvalue weighted by atomic mass is 16.3. The number of phenols is 4. The molecule has 4 nitrogen and oxygen atoms in total. The summed E-state index contributed by atoms with van der Waals surface area (Å²) in [6.45, 7) is 4.39. The quantitative estimate of drug-likeness (QED) is 0.249. The maximum atomic E-state index is 9.43. The van der Waals surface area contributed by atoms with Gasteiger partial charge in [-0.1, -0.05) is 74.5 Å². The van der Waals surface area contributed by atoms with Crippen LogP contribution in [-0.2, 0) is 0 Å². The lowest BCUT2D eigenvalue weighted by atomic mass is 9.78. The molecule has 0 bridgehead atoms. The first kappa shape index (κ1) is 26.3. The maximum Gasteiger partial charge on any atom is 0.115 e. The lowest BCUT2D eigenvalue weighted by Gasteiger charge is -2.26. The van der Waals surface area contributed by atoms with Crippen molar-refractivity contribution in [3.05, 3.63) is 120 Å². The Kier molecular flexibility index (Phi) is 11.1. The number of aromatic hydroxyl groups is 4. The largest absolute Gasteiger partial charge is 0.508 e. The molecule has 0 saturated carbocycles. The second-order valence-corrected chi connectivity index (χ2v) is 7.88. The van der Waals surface area contributed by atoms with Crippen LogP contribution in [0.2, 0.25) is 0 Å². The van der Waals surface area contributed by atoms with Gasteiger partial charge in [0.2, 0.25) is 0 Å². The second kappa shape index (κ2) is 14.3. The SMILES string of the molecule is CC[C@H](c1ccc(O)cc1)[C@@H](CC)c1ccc(O)cc1.Oc1ccccc1.Oc1ccccc1. The Labute approximate surface area is 202 Å². The molecule has 0 amide bonds. The van der Waals surface area contributed by atoms with Crippen molar-refractivity contribution in [1.82, 2.24) is 0 Å². The fourth-order valence-electron chi connectivity index (χ4n) is 3.80. The van der Waals surface area contributed by atoms with Crippen molar-refractivity contribution >= 4 is 0 Å². The van der Waals surface area contributed by atoms with E-state index in [1.165, 1.54) is 11.1 Å². The van der Waals surface area contributed by atoms with Crippen molar-refractivity contribution in [3.63, 3.8) is 0 Å². The van der Waals surface area contributed by atoms with Crippen molar-refractivity contribution in [3.8, 4) is 23.0 Å². The third-order valence-corrected chi connectivity index (χ3v) is 5.52. The second-order valence-electron chi connectivity index (χ2n) is 7.88. The lowest BCUT2D eigenvalue weighted by molar-refractivity contribution is 0.470. The van der Waals surface area contributed by atoms with Crippen molar-refractivity contribution in [1.29, 1.82) is 0 Å². The summed E-state index contributed by atoms with van der Waals surface area (Å²) in [6.07, 6.45) is 2.09. The van der Waals surface area contributed by atoms with Crippen molar-refractivity contribution < 1.29 is 20.4 Å². The van der Waals surface area contributed by atoms with Crippen LogP contribution < -0.4 is 0 Å². The van der Waals surface area contributed by atoms with Gasteiger partial charge in [-0.3, -0.25) is 0 Å². The third-order valence-electron chi connectivity index (χ3n) is 5.52. The smallest absolute Gasteiger partial charge is 0.115 e. The number of phenolic OH excluding ortho intramolecular Hbond substituents is 4. The van der Waals surface area contributed by atoms with Gasteiger partial charge >= 0.3 is 0 Å². The van der Waals surface area contributed by atoms with Crippen LogP contribution in [0.3, 0.4) is 0 Å². The van der Waals surface area contributed by atoms with Crippen LogP contribution in [0.25, 0.3) is 0 Å². The molecule has 0 aliphatic heterocycles. The molecule has 4 N–H and O–H groups in total. The van der Waals surface area contributed by atoms with Crippen LogP contribution in [0.1, 0.15) is 49.7 Å². The molecule has 0 heterocycles. The highest BCUT2D eigenvalue weighted by Crippen LogP contribution is 2.38. The Morgan fingerprint density at radius 2 is 0.676 bits per heavy atom. The molecular weight excluding hydrogens is 424 g/mol. The first-order valence-electron chi connectivity index (χ1n) is 11.5. The van der Waals surface area contributed by atoms with E-state index in [0.29, 0.717) is 34.8 Å². The number of benzene rings is 4. The third kappa shape index (κ3) is 8.91. The van der Waals surface area contributed by atoms with Crippen molar-refractivity contribution in [2.75, 3.05) is 0 Å². The predicted molar refractivity (Wildman–Crippen MR) is 138 cm³/mol. The van der Waals surface area contributed by atoms with E-state index in [1.807, 2.05) is 36.4 Å². The standard InChI is InChI=1S/C18H22O2.2C6H6O/c1-3-17(13-5-9-15(19)10-6-13)18(4-2)14-7-11-16(20)12-8-14;2*7-6-4-2-1-3-5-6/h5-12,17-20H,3-4H2,1-2H3;2*1-5,7H/t17-,18+;;. The Bertz CT molecular complexity index is 957. The fourth-order valence-corrected chi connectivity index (χ4v) is 3.80. The van der Waals surface area contributed by atoms with Crippen molar-refractivity contribution in [2.24, 2.45) is 0 Å². The molecule has 0 unspecified atom stereocenters. The van der Waals surface area contributed by atoms with Gasteiger partial charge in [0.25, 0.3) is 0 Å². The van der Waals surface area contributed by atoms with Gasteiger partial charge in [-0.05, 0) is 84.3 Å². The molecule has 4 aromatic carbocycles. The number of hydrogen-bond acceptors (Lipinski definition) is 4. The predicted octanol–water partition coefficient (Wildman–Crippen LogP) is 7.57. The molecule has 0 radical (unpaired) electrons. The zero-order chi connectivity index (χ0) is 24.8. The summed E-state index contributed by atoms with van der Waals surface area (Å²) >= 11 is 0. The van der Waals surface area contributed by atoms with E-state index in [-0.39, 0.29) is 0 Å². The zero-order valence-electron chi connectivity index (χ0n) is 19.8. The van der Waals surface area contributed by atoms with E-state index in [9.17, 15) is 10.2 Å². The summed E-state index contributed by atoms with van der Waals surface area (Å²) in [7, 11) is 0. The molecule has 0 fully saturated rings. The molecule has 0 spiro atoms. The molecule has 4 heteroatoms. The van der Waals surface area contributed by atoms with E-state index in [0.717, 1.165) is 12.8 Å². The molecule has 34 heavy (non-hydrogen) atoms. The highest BCUT2D eigenvalue weighted by molar-refractivity contribution is 5.34. The van der Waals surface area contributed by atoms with E-state index in [1.54, 1.807) is 72.8 Å². The van der Waals surface area contributed by atoms with Crippen LogP contribution in [0.15, 0.2) is 109 Å². The monoisotopic (exact) mass is 458 g/mol. The van der Waals surface area contributed by atoms with Crippen LogP contribution in [0, 0.1) is 0 Å². The Morgan fingerprint density at radius 3 is 0.882 bits per heavy atom. The molecule has 4 aromatic rings. The summed E-state index contributed by atoms with van der Waals surface area (Å²) in [5, 5.41) is 36.1.